The Balaban J connectivity index is 1.51. The fraction of sp³-hybridized carbons (Fsp3) is 0.769. The third-order valence-corrected chi connectivity index (χ3v) is 5.12. The van der Waals surface area contributed by atoms with Gasteiger partial charge in [-0.15, -0.1) is 0 Å². The lowest BCUT2D eigenvalue weighted by molar-refractivity contribution is 0.00674. The topological polar surface area (TPSA) is 88.2 Å². The van der Waals surface area contributed by atoms with E-state index in [0.717, 1.165) is 11.8 Å². The van der Waals surface area contributed by atoms with E-state index in [0.29, 0.717) is 17.9 Å². The van der Waals surface area contributed by atoms with Crippen molar-refractivity contribution in [1.82, 2.24) is 10.2 Å². The highest BCUT2D eigenvalue weighted by atomic mass is 16.4. The Labute approximate surface area is 110 Å². The van der Waals surface area contributed by atoms with Crippen LogP contribution in [0.15, 0.2) is 4.42 Å². The summed E-state index contributed by atoms with van der Waals surface area (Å²) in [5.41, 5.74) is 0. The first kappa shape index (κ1) is 11.3. The molecule has 1 aromatic rings. The van der Waals surface area contributed by atoms with Gasteiger partial charge in [-0.05, 0) is 55.8 Å². The van der Waals surface area contributed by atoms with E-state index in [1.807, 2.05) is 0 Å². The van der Waals surface area contributed by atoms with Crippen LogP contribution in [0.3, 0.4) is 0 Å². The molecule has 0 spiro atoms. The maximum atomic E-state index is 10.7. The van der Waals surface area contributed by atoms with Gasteiger partial charge >= 0.3 is 17.9 Å². The van der Waals surface area contributed by atoms with Crippen LogP contribution in [0.1, 0.15) is 42.8 Å². The Morgan fingerprint density at radius 3 is 2.26 bits per heavy atom. The number of anilines is 1. The molecule has 5 rings (SSSR count). The molecular weight excluding hydrogens is 246 g/mol. The summed E-state index contributed by atoms with van der Waals surface area (Å²) in [5.74, 6) is 1.69. The molecule has 0 radical (unpaired) electrons. The molecule has 0 aliphatic heterocycles. The fourth-order valence-electron chi connectivity index (χ4n) is 4.67. The highest BCUT2D eigenvalue weighted by molar-refractivity contribution is 5.82. The SMILES string of the molecule is O=C(O)c1nnc(NC2C3CC4CC(C3)CC2C4)o1. The van der Waals surface area contributed by atoms with Crippen LogP contribution in [-0.4, -0.2) is 27.3 Å². The number of nitrogens with zero attached hydrogens (tertiary/aromatic N) is 2. The number of aromatic nitrogens is 2. The van der Waals surface area contributed by atoms with Crippen LogP contribution in [0.4, 0.5) is 6.01 Å². The molecule has 4 bridgehead atoms. The molecule has 1 heterocycles. The van der Waals surface area contributed by atoms with Gasteiger partial charge in [0.15, 0.2) is 0 Å². The van der Waals surface area contributed by atoms with E-state index in [-0.39, 0.29) is 11.9 Å². The zero-order valence-corrected chi connectivity index (χ0v) is 10.6. The maximum Gasteiger partial charge on any atom is 0.393 e. The first-order valence-electron chi connectivity index (χ1n) is 7.02. The van der Waals surface area contributed by atoms with Crippen molar-refractivity contribution in [3.63, 3.8) is 0 Å². The van der Waals surface area contributed by atoms with Crippen molar-refractivity contribution in [2.24, 2.45) is 23.7 Å². The third-order valence-electron chi connectivity index (χ3n) is 5.12. The average Bonchev–Trinajstić information content (AvgIpc) is 2.81. The molecule has 4 saturated carbocycles. The minimum absolute atomic E-state index is 0.259. The quantitative estimate of drug-likeness (QED) is 0.867. The van der Waals surface area contributed by atoms with Gasteiger partial charge < -0.3 is 14.8 Å². The molecular formula is C13H17N3O3. The van der Waals surface area contributed by atoms with Gasteiger partial charge in [0.1, 0.15) is 0 Å². The third kappa shape index (κ3) is 1.81. The monoisotopic (exact) mass is 263 g/mol. The molecule has 0 aromatic carbocycles. The average molecular weight is 263 g/mol. The molecule has 0 saturated heterocycles. The van der Waals surface area contributed by atoms with Crippen LogP contribution in [0.25, 0.3) is 0 Å². The van der Waals surface area contributed by atoms with Crippen LogP contribution < -0.4 is 5.32 Å². The van der Waals surface area contributed by atoms with Gasteiger partial charge in [-0.2, -0.15) is 0 Å². The first-order chi connectivity index (χ1) is 9.19. The van der Waals surface area contributed by atoms with Crippen LogP contribution in [-0.2, 0) is 0 Å². The first-order valence-corrected chi connectivity index (χ1v) is 7.02. The second-order valence-corrected chi connectivity index (χ2v) is 6.32. The molecule has 4 fully saturated rings. The van der Waals surface area contributed by atoms with Gasteiger partial charge in [0.25, 0.3) is 0 Å². The lowest BCUT2D eigenvalue weighted by Gasteiger charge is -2.54. The molecule has 6 nitrogen and oxygen atoms in total. The van der Waals surface area contributed by atoms with Gasteiger partial charge in [-0.3, -0.25) is 0 Å². The van der Waals surface area contributed by atoms with Crippen molar-refractivity contribution in [1.29, 1.82) is 0 Å². The van der Waals surface area contributed by atoms with E-state index >= 15 is 0 Å². The Hall–Kier alpha value is -1.59. The number of carbonyl (C=O) groups is 1. The molecule has 0 atom stereocenters. The Morgan fingerprint density at radius 1 is 1.11 bits per heavy atom. The lowest BCUT2D eigenvalue weighted by atomic mass is 9.54. The molecule has 0 unspecified atom stereocenters. The summed E-state index contributed by atoms with van der Waals surface area (Å²) in [7, 11) is 0. The zero-order valence-electron chi connectivity index (χ0n) is 10.6. The van der Waals surface area contributed by atoms with Crippen molar-refractivity contribution in [2.45, 2.75) is 38.1 Å². The summed E-state index contributed by atoms with van der Waals surface area (Å²) in [6, 6.07) is 0.643. The number of aromatic carboxylic acids is 1. The molecule has 6 heteroatoms. The number of hydrogen-bond acceptors (Lipinski definition) is 5. The van der Waals surface area contributed by atoms with Crippen LogP contribution in [0.5, 0.6) is 0 Å². The van der Waals surface area contributed by atoms with Crippen molar-refractivity contribution in [3.05, 3.63) is 5.89 Å². The zero-order chi connectivity index (χ0) is 13.0. The van der Waals surface area contributed by atoms with E-state index in [1.165, 1.54) is 32.1 Å². The van der Waals surface area contributed by atoms with Crippen molar-refractivity contribution >= 4 is 12.0 Å². The summed E-state index contributed by atoms with van der Waals surface area (Å²) >= 11 is 0. The van der Waals surface area contributed by atoms with Crippen LogP contribution in [0, 0.1) is 23.7 Å². The predicted octanol–water partition coefficient (Wildman–Crippen LogP) is 2.00. The minimum Gasteiger partial charge on any atom is -0.474 e. The largest absolute Gasteiger partial charge is 0.474 e. The number of hydrogen-bond donors (Lipinski definition) is 2. The van der Waals surface area contributed by atoms with Gasteiger partial charge in [0.2, 0.25) is 0 Å². The van der Waals surface area contributed by atoms with E-state index in [1.54, 1.807) is 0 Å². The van der Waals surface area contributed by atoms with Crippen molar-refractivity contribution < 1.29 is 14.3 Å². The molecule has 0 amide bonds. The Kier molecular flexibility index (Phi) is 2.34. The summed E-state index contributed by atoms with van der Waals surface area (Å²) in [6.45, 7) is 0. The molecule has 1 aromatic heterocycles. The number of carboxylic acids is 1. The maximum absolute atomic E-state index is 10.7. The standard InChI is InChI=1S/C13H17N3O3/c17-12(18)11-15-16-13(19-11)14-10-8-2-6-1-7(4-8)5-9(10)3-6/h6-10H,1-5H2,(H,14,16)(H,17,18). The summed E-state index contributed by atoms with van der Waals surface area (Å²) < 4.78 is 5.12. The van der Waals surface area contributed by atoms with Crippen molar-refractivity contribution in [3.8, 4) is 0 Å². The second-order valence-electron chi connectivity index (χ2n) is 6.32. The smallest absolute Gasteiger partial charge is 0.393 e. The summed E-state index contributed by atoms with van der Waals surface area (Å²) in [6.07, 6.45) is 6.60. The molecule has 4 aliphatic carbocycles. The second kappa shape index (κ2) is 3.95. The number of rotatable bonds is 3. The summed E-state index contributed by atoms with van der Waals surface area (Å²) in [5, 5.41) is 19.4. The van der Waals surface area contributed by atoms with Gasteiger partial charge in [0, 0.05) is 6.04 Å². The lowest BCUT2D eigenvalue weighted by Crippen LogP contribution is -2.51. The number of nitrogens with one attached hydrogen (secondary N) is 1. The molecule has 4 aliphatic rings. The summed E-state index contributed by atoms with van der Waals surface area (Å²) in [4.78, 5) is 10.7. The highest BCUT2D eigenvalue weighted by Gasteiger charge is 2.48. The van der Waals surface area contributed by atoms with Gasteiger partial charge in [0.05, 0.1) is 0 Å². The Morgan fingerprint density at radius 2 is 1.74 bits per heavy atom. The highest BCUT2D eigenvalue weighted by Crippen LogP contribution is 2.54. The van der Waals surface area contributed by atoms with E-state index < -0.39 is 5.97 Å². The van der Waals surface area contributed by atoms with Gasteiger partial charge in [-0.25, -0.2) is 4.79 Å². The molecule has 2 N–H and O–H groups in total. The minimum atomic E-state index is -1.18. The van der Waals surface area contributed by atoms with Crippen LogP contribution in [0.2, 0.25) is 0 Å². The van der Waals surface area contributed by atoms with E-state index in [2.05, 4.69) is 15.5 Å². The normalized spacial score (nSPS) is 39.5. The number of carboxylic acid groups (broad SMARTS) is 1. The van der Waals surface area contributed by atoms with Crippen molar-refractivity contribution in [2.75, 3.05) is 5.32 Å². The van der Waals surface area contributed by atoms with E-state index in [9.17, 15) is 4.79 Å². The predicted molar refractivity (Wildman–Crippen MR) is 65.7 cm³/mol. The molecule has 102 valence electrons. The van der Waals surface area contributed by atoms with E-state index in [4.69, 9.17) is 9.52 Å². The Bertz CT molecular complexity index is 485. The van der Waals surface area contributed by atoms with Crippen LogP contribution >= 0.6 is 0 Å². The molecule has 19 heavy (non-hydrogen) atoms. The van der Waals surface area contributed by atoms with Gasteiger partial charge in [-0.1, -0.05) is 10.2 Å². The fourth-order valence-corrected chi connectivity index (χ4v) is 4.67.